The summed E-state index contributed by atoms with van der Waals surface area (Å²) in [6.07, 6.45) is 7.80. The number of hydrogen-bond donors (Lipinski definition) is 1. The Labute approximate surface area is 139 Å². The zero-order chi connectivity index (χ0) is 17.2. The van der Waals surface area contributed by atoms with Crippen molar-refractivity contribution in [3.8, 4) is 0 Å². The predicted molar refractivity (Wildman–Crippen MR) is 85.1 cm³/mol. The highest BCUT2D eigenvalue weighted by Crippen LogP contribution is 2.33. The Morgan fingerprint density at radius 2 is 2.17 bits per heavy atom. The van der Waals surface area contributed by atoms with Gasteiger partial charge in [0.1, 0.15) is 29.9 Å². The van der Waals surface area contributed by atoms with Gasteiger partial charge in [0.15, 0.2) is 0 Å². The Balaban J connectivity index is 2.00. The number of nitrogens with zero attached hydrogens (tertiary/aromatic N) is 4. The number of aliphatic hydroxyl groups is 1. The van der Waals surface area contributed by atoms with Gasteiger partial charge in [0.25, 0.3) is 0 Å². The second-order valence-corrected chi connectivity index (χ2v) is 6.07. The van der Waals surface area contributed by atoms with E-state index in [9.17, 15) is 13.9 Å². The Hall–Kier alpha value is -2.12. The molecular formula is C17H20F2N4O. The SMILES string of the molecule is C[C@@H](N1CC=CCC1)[C@](O)(Cn1cncn1)c1ccc(F)cc1F. The first kappa shape index (κ1) is 16.7. The second-order valence-electron chi connectivity index (χ2n) is 6.07. The van der Waals surface area contributed by atoms with Crippen LogP contribution in [-0.4, -0.2) is 43.9 Å². The van der Waals surface area contributed by atoms with Crippen LogP contribution in [0.25, 0.3) is 0 Å². The van der Waals surface area contributed by atoms with Crippen LogP contribution in [-0.2, 0) is 12.1 Å². The Morgan fingerprint density at radius 3 is 2.79 bits per heavy atom. The molecule has 0 bridgehead atoms. The van der Waals surface area contributed by atoms with Crippen molar-refractivity contribution >= 4 is 0 Å². The molecule has 3 rings (SSSR count). The fourth-order valence-corrected chi connectivity index (χ4v) is 3.16. The van der Waals surface area contributed by atoms with E-state index in [2.05, 4.69) is 21.1 Å². The summed E-state index contributed by atoms with van der Waals surface area (Å²) in [6.45, 7) is 3.31. The van der Waals surface area contributed by atoms with E-state index in [0.29, 0.717) is 6.54 Å². The lowest BCUT2D eigenvalue weighted by molar-refractivity contribution is -0.0614. The summed E-state index contributed by atoms with van der Waals surface area (Å²) < 4.78 is 29.2. The molecule has 1 aliphatic heterocycles. The van der Waals surface area contributed by atoms with Gasteiger partial charge >= 0.3 is 0 Å². The zero-order valence-electron chi connectivity index (χ0n) is 13.4. The van der Waals surface area contributed by atoms with Gasteiger partial charge in [0.05, 0.1) is 6.54 Å². The van der Waals surface area contributed by atoms with E-state index in [4.69, 9.17) is 0 Å². The van der Waals surface area contributed by atoms with Crippen molar-refractivity contribution in [1.82, 2.24) is 19.7 Å². The molecule has 24 heavy (non-hydrogen) atoms. The summed E-state index contributed by atoms with van der Waals surface area (Å²) >= 11 is 0. The normalized spacial score (nSPS) is 19.2. The third-order valence-corrected chi connectivity index (χ3v) is 4.60. The molecule has 1 aromatic carbocycles. The van der Waals surface area contributed by atoms with Crippen molar-refractivity contribution in [3.63, 3.8) is 0 Å². The smallest absolute Gasteiger partial charge is 0.137 e. The monoisotopic (exact) mass is 334 g/mol. The van der Waals surface area contributed by atoms with Gasteiger partial charge in [-0.1, -0.05) is 18.2 Å². The maximum atomic E-state index is 14.4. The summed E-state index contributed by atoms with van der Waals surface area (Å²) in [6, 6.07) is 2.86. The highest BCUT2D eigenvalue weighted by atomic mass is 19.1. The molecule has 1 aromatic heterocycles. The minimum Gasteiger partial charge on any atom is -0.381 e. The molecule has 0 unspecified atom stereocenters. The van der Waals surface area contributed by atoms with Crippen molar-refractivity contribution in [3.05, 3.63) is 60.2 Å². The van der Waals surface area contributed by atoms with Crippen LogP contribution in [0.4, 0.5) is 8.78 Å². The van der Waals surface area contributed by atoms with Gasteiger partial charge in [-0.3, -0.25) is 4.90 Å². The Bertz CT molecular complexity index is 719. The van der Waals surface area contributed by atoms with Crippen molar-refractivity contribution in [2.45, 2.75) is 31.5 Å². The van der Waals surface area contributed by atoms with Crippen molar-refractivity contribution in [2.24, 2.45) is 0 Å². The molecular weight excluding hydrogens is 314 g/mol. The summed E-state index contributed by atoms with van der Waals surface area (Å²) in [5, 5.41) is 15.4. The molecule has 0 spiro atoms. The first-order chi connectivity index (χ1) is 11.5. The number of benzene rings is 1. The van der Waals surface area contributed by atoms with Gasteiger partial charge in [-0.25, -0.2) is 18.4 Å². The third-order valence-electron chi connectivity index (χ3n) is 4.60. The van der Waals surface area contributed by atoms with Gasteiger partial charge in [-0.2, -0.15) is 5.10 Å². The number of halogens is 2. The van der Waals surface area contributed by atoms with E-state index in [1.54, 1.807) is 0 Å². The Kier molecular flexibility index (Phi) is 4.73. The van der Waals surface area contributed by atoms with E-state index in [0.717, 1.165) is 25.1 Å². The summed E-state index contributed by atoms with van der Waals surface area (Å²) in [5.41, 5.74) is -1.52. The van der Waals surface area contributed by atoms with E-state index in [1.165, 1.54) is 23.4 Å². The van der Waals surface area contributed by atoms with Crippen LogP contribution in [0, 0.1) is 11.6 Å². The van der Waals surface area contributed by atoms with E-state index < -0.39 is 23.3 Å². The van der Waals surface area contributed by atoms with Crippen LogP contribution in [0.3, 0.4) is 0 Å². The van der Waals surface area contributed by atoms with Gasteiger partial charge in [0.2, 0.25) is 0 Å². The molecule has 0 saturated heterocycles. The lowest BCUT2D eigenvalue weighted by Crippen LogP contribution is -2.52. The molecule has 0 amide bonds. The average molecular weight is 334 g/mol. The van der Waals surface area contributed by atoms with Crippen LogP contribution in [0.2, 0.25) is 0 Å². The molecule has 2 atom stereocenters. The molecule has 0 radical (unpaired) electrons. The Morgan fingerprint density at radius 1 is 1.33 bits per heavy atom. The van der Waals surface area contributed by atoms with Gasteiger partial charge < -0.3 is 5.11 Å². The van der Waals surface area contributed by atoms with Crippen LogP contribution < -0.4 is 0 Å². The number of aromatic nitrogens is 3. The van der Waals surface area contributed by atoms with Crippen molar-refractivity contribution < 1.29 is 13.9 Å². The van der Waals surface area contributed by atoms with E-state index >= 15 is 0 Å². The molecule has 0 saturated carbocycles. The zero-order valence-corrected chi connectivity index (χ0v) is 13.4. The van der Waals surface area contributed by atoms with Crippen LogP contribution in [0.1, 0.15) is 18.9 Å². The van der Waals surface area contributed by atoms with Crippen LogP contribution in [0.15, 0.2) is 43.0 Å². The highest BCUT2D eigenvalue weighted by molar-refractivity contribution is 5.27. The van der Waals surface area contributed by atoms with Gasteiger partial charge in [-0.05, 0) is 19.4 Å². The largest absolute Gasteiger partial charge is 0.381 e. The van der Waals surface area contributed by atoms with E-state index in [1.807, 2.05) is 13.0 Å². The molecule has 0 aliphatic carbocycles. The van der Waals surface area contributed by atoms with Crippen molar-refractivity contribution in [2.75, 3.05) is 13.1 Å². The first-order valence-corrected chi connectivity index (χ1v) is 7.90. The maximum absolute atomic E-state index is 14.4. The minimum absolute atomic E-state index is 0.0247. The predicted octanol–water partition coefficient (Wildman–Crippen LogP) is 2.09. The highest BCUT2D eigenvalue weighted by Gasteiger charge is 2.41. The topological polar surface area (TPSA) is 54.2 Å². The summed E-state index contributed by atoms with van der Waals surface area (Å²) in [4.78, 5) is 5.94. The lowest BCUT2D eigenvalue weighted by atomic mass is 9.85. The molecule has 128 valence electrons. The fraction of sp³-hybridized carbons (Fsp3) is 0.412. The van der Waals surface area contributed by atoms with Gasteiger partial charge in [-0.15, -0.1) is 0 Å². The second kappa shape index (κ2) is 6.78. The molecule has 2 heterocycles. The van der Waals surface area contributed by atoms with E-state index in [-0.39, 0.29) is 12.1 Å². The third kappa shape index (κ3) is 3.22. The van der Waals surface area contributed by atoms with Crippen molar-refractivity contribution in [1.29, 1.82) is 0 Å². The summed E-state index contributed by atoms with van der Waals surface area (Å²) in [7, 11) is 0. The van der Waals surface area contributed by atoms with Gasteiger partial charge in [0, 0.05) is 30.8 Å². The standard InChI is InChI=1S/C17H20F2N4O/c1-13(22-7-3-2-4-8-22)17(24,10-23-12-20-11-21-23)15-6-5-14(18)9-16(15)19/h2-3,5-6,9,11-13,24H,4,7-8,10H2,1H3/t13-,17-/m1/s1. The average Bonchev–Trinajstić information content (AvgIpc) is 3.07. The number of hydrogen-bond acceptors (Lipinski definition) is 4. The summed E-state index contributed by atoms with van der Waals surface area (Å²) in [5.74, 6) is -1.44. The molecule has 1 N–H and O–H groups in total. The van der Waals surface area contributed by atoms with Crippen LogP contribution in [0.5, 0.6) is 0 Å². The molecule has 5 nitrogen and oxygen atoms in total. The number of rotatable bonds is 5. The first-order valence-electron chi connectivity index (χ1n) is 7.90. The quantitative estimate of drug-likeness (QED) is 0.851. The maximum Gasteiger partial charge on any atom is 0.137 e. The fourth-order valence-electron chi connectivity index (χ4n) is 3.16. The van der Waals surface area contributed by atoms with Crippen LogP contribution >= 0.6 is 0 Å². The minimum atomic E-state index is -1.57. The molecule has 0 fully saturated rings. The molecule has 2 aromatic rings. The molecule has 7 heteroatoms. The molecule has 1 aliphatic rings. The lowest BCUT2D eigenvalue weighted by Gasteiger charge is -2.41.